The number of likely N-dealkylation sites (tertiary alicyclic amines) is 1. The molecule has 2 heterocycles. The molecule has 0 atom stereocenters. The van der Waals surface area contributed by atoms with Gasteiger partial charge in [-0.3, -0.25) is 4.68 Å². The number of aryl methyl sites for hydroxylation is 1. The van der Waals surface area contributed by atoms with Crippen LogP contribution in [0.25, 0.3) is 0 Å². The van der Waals surface area contributed by atoms with Gasteiger partial charge in [0.05, 0.1) is 11.9 Å². The number of nitrogens with one attached hydrogen (secondary N) is 1. The zero-order valence-corrected chi connectivity index (χ0v) is 9.61. The van der Waals surface area contributed by atoms with Crippen LogP contribution >= 0.6 is 0 Å². The predicted molar refractivity (Wildman–Crippen MR) is 62.0 cm³/mol. The van der Waals surface area contributed by atoms with Crippen LogP contribution in [0.15, 0.2) is 12.4 Å². The first-order valence-corrected chi connectivity index (χ1v) is 5.75. The molecule has 0 spiro atoms. The van der Waals surface area contributed by atoms with Crippen LogP contribution in [0, 0.1) is 0 Å². The summed E-state index contributed by atoms with van der Waals surface area (Å²) in [6.45, 7) is 5.43. The van der Waals surface area contributed by atoms with E-state index in [-0.39, 0.29) is 0 Å². The summed E-state index contributed by atoms with van der Waals surface area (Å²) >= 11 is 0. The lowest BCUT2D eigenvalue weighted by Crippen LogP contribution is -2.36. The van der Waals surface area contributed by atoms with Crippen LogP contribution < -0.4 is 5.32 Å². The minimum Gasteiger partial charge on any atom is -0.380 e. The molecule has 1 N–H and O–H groups in total. The molecule has 0 unspecified atom stereocenters. The number of hydrogen-bond donors (Lipinski definition) is 1. The van der Waals surface area contributed by atoms with E-state index in [1.165, 1.54) is 25.9 Å². The Morgan fingerprint density at radius 1 is 1.47 bits per heavy atom. The third-order valence-corrected chi connectivity index (χ3v) is 3.05. The van der Waals surface area contributed by atoms with Gasteiger partial charge in [0.1, 0.15) is 0 Å². The lowest BCUT2D eigenvalue weighted by Gasteiger charge is -2.29. The van der Waals surface area contributed by atoms with E-state index in [1.807, 2.05) is 10.9 Å². The number of piperidine rings is 1. The Morgan fingerprint density at radius 3 is 2.80 bits per heavy atom. The Kier molecular flexibility index (Phi) is 3.26. The van der Waals surface area contributed by atoms with Crippen molar-refractivity contribution in [2.24, 2.45) is 0 Å². The van der Waals surface area contributed by atoms with E-state index < -0.39 is 0 Å². The second-order valence-electron chi connectivity index (χ2n) is 4.31. The van der Waals surface area contributed by atoms with Crippen LogP contribution in [0.4, 0.5) is 5.69 Å². The summed E-state index contributed by atoms with van der Waals surface area (Å²) in [5, 5.41) is 7.80. The normalized spacial score (nSPS) is 19.3. The van der Waals surface area contributed by atoms with Gasteiger partial charge >= 0.3 is 0 Å². The van der Waals surface area contributed by atoms with Gasteiger partial charge in [-0.2, -0.15) is 5.10 Å². The van der Waals surface area contributed by atoms with Crippen molar-refractivity contribution < 1.29 is 0 Å². The lowest BCUT2D eigenvalue weighted by molar-refractivity contribution is 0.264. The average Bonchev–Trinajstić information content (AvgIpc) is 2.69. The molecule has 0 amide bonds. The average molecular weight is 208 g/mol. The molecular weight excluding hydrogens is 188 g/mol. The third kappa shape index (κ3) is 2.72. The van der Waals surface area contributed by atoms with Crippen LogP contribution in [0.2, 0.25) is 0 Å². The number of nitrogens with zero attached hydrogens (tertiary/aromatic N) is 3. The minimum atomic E-state index is 0.621. The largest absolute Gasteiger partial charge is 0.380 e. The van der Waals surface area contributed by atoms with Crippen molar-refractivity contribution in [3.05, 3.63) is 12.4 Å². The quantitative estimate of drug-likeness (QED) is 0.815. The van der Waals surface area contributed by atoms with E-state index in [4.69, 9.17) is 0 Å². The summed E-state index contributed by atoms with van der Waals surface area (Å²) in [4.78, 5) is 2.38. The Bertz CT molecular complexity index is 299. The molecule has 1 aliphatic heterocycles. The predicted octanol–water partition coefficient (Wildman–Crippen LogP) is 1.41. The monoisotopic (exact) mass is 208 g/mol. The summed E-state index contributed by atoms with van der Waals surface area (Å²) in [5.41, 5.74) is 1.16. The Morgan fingerprint density at radius 2 is 2.20 bits per heavy atom. The topological polar surface area (TPSA) is 33.1 Å². The highest BCUT2D eigenvalue weighted by molar-refractivity contribution is 5.39. The summed E-state index contributed by atoms with van der Waals surface area (Å²) < 4.78 is 1.96. The summed E-state index contributed by atoms with van der Waals surface area (Å²) in [6, 6.07) is 0.621. The molecule has 0 saturated carbocycles. The van der Waals surface area contributed by atoms with Crippen molar-refractivity contribution in [3.8, 4) is 0 Å². The van der Waals surface area contributed by atoms with Gasteiger partial charge in [0, 0.05) is 18.8 Å². The molecule has 0 aliphatic carbocycles. The Labute approximate surface area is 91.3 Å². The number of aromatic nitrogens is 2. The highest BCUT2D eigenvalue weighted by Crippen LogP contribution is 2.14. The molecule has 0 aromatic carbocycles. The molecule has 1 aromatic heterocycles. The van der Waals surface area contributed by atoms with Gasteiger partial charge in [-0.25, -0.2) is 0 Å². The molecule has 0 radical (unpaired) electrons. The first kappa shape index (κ1) is 10.5. The van der Waals surface area contributed by atoms with Gasteiger partial charge in [-0.1, -0.05) is 0 Å². The van der Waals surface area contributed by atoms with Gasteiger partial charge in [0.15, 0.2) is 0 Å². The van der Waals surface area contributed by atoms with Gasteiger partial charge in [-0.15, -0.1) is 0 Å². The highest BCUT2D eigenvalue weighted by atomic mass is 15.3. The second-order valence-corrected chi connectivity index (χ2v) is 4.31. The number of hydrogen-bond acceptors (Lipinski definition) is 3. The zero-order chi connectivity index (χ0) is 10.7. The maximum absolute atomic E-state index is 4.26. The van der Waals surface area contributed by atoms with Crippen molar-refractivity contribution in [1.29, 1.82) is 0 Å². The van der Waals surface area contributed by atoms with E-state index in [0.29, 0.717) is 6.04 Å². The fraction of sp³-hybridized carbons (Fsp3) is 0.727. The molecule has 84 valence electrons. The smallest absolute Gasteiger partial charge is 0.0728 e. The molecule has 1 aromatic rings. The molecular formula is C11H20N4. The van der Waals surface area contributed by atoms with E-state index in [2.05, 4.69) is 35.5 Å². The molecule has 4 heteroatoms. The summed E-state index contributed by atoms with van der Waals surface area (Å²) in [7, 11) is 2.19. The summed E-state index contributed by atoms with van der Waals surface area (Å²) in [5.74, 6) is 0. The van der Waals surface area contributed by atoms with Crippen molar-refractivity contribution in [2.75, 3.05) is 25.5 Å². The number of rotatable bonds is 3. The van der Waals surface area contributed by atoms with Crippen LogP contribution in [-0.2, 0) is 6.54 Å². The number of anilines is 1. The molecule has 1 saturated heterocycles. The molecule has 1 aliphatic rings. The first-order valence-electron chi connectivity index (χ1n) is 5.75. The van der Waals surface area contributed by atoms with Crippen molar-refractivity contribution in [2.45, 2.75) is 32.4 Å². The van der Waals surface area contributed by atoms with E-state index >= 15 is 0 Å². The molecule has 1 fully saturated rings. The Balaban J connectivity index is 1.86. The van der Waals surface area contributed by atoms with Crippen molar-refractivity contribution in [1.82, 2.24) is 14.7 Å². The fourth-order valence-electron chi connectivity index (χ4n) is 2.00. The first-order chi connectivity index (χ1) is 7.28. The van der Waals surface area contributed by atoms with Crippen LogP contribution in [0.1, 0.15) is 19.8 Å². The standard InChI is InChI=1S/C11H20N4/c1-3-15-9-11(8-12-15)13-10-4-6-14(2)7-5-10/h8-10,13H,3-7H2,1-2H3. The minimum absolute atomic E-state index is 0.621. The molecule has 2 rings (SSSR count). The fourth-order valence-corrected chi connectivity index (χ4v) is 2.00. The molecule has 4 nitrogen and oxygen atoms in total. The van der Waals surface area contributed by atoms with Crippen LogP contribution in [0.5, 0.6) is 0 Å². The lowest BCUT2D eigenvalue weighted by atomic mass is 10.1. The highest BCUT2D eigenvalue weighted by Gasteiger charge is 2.16. The Hall–Kier alpha value is -1.03. The van der Waals surface area contributed by atoms with E-state index in [1.54, 1.807) is 0 Å². The van der Waals surface area contributed by atoms with Gasteiger partial charge in [-0.05, 0) is 39.9 Å². The maximum Gasteiger partial charge on any atom is 0.0728 e. The van der Waals surface area contributed by atoms with E-state index in [9.17, 15) is 0 Å². The third-order valence-electron chi connectivity index (χ3n) is 3.05. The maximum atomic E-state index is 4.26. The molecule has 15 heavy (non-hydrogen) atoms. The van der Waals surface area contributed by atoms with Gasteiger partial charge in [0.2, 0.25) is 0 Å². The van der Waals surface area contributed by atoms with Crippen LogP contribution in [0.3, 0.4) is 0 Å². The van der Waals surface area contributed by atoms with E-state index in [0.717, 1.165) is 12.2 Å². The van der Waals surface area contributed by atoms with Crippen LogP contribution in [-0.4, -0.2) is 40.9 Å². The van der Waals surface area contributed by atoms with Crippen molar-refractivity contribution >= 4 is 5.69 Å². The van der Waals surface area contributed by atoms with Gasteiger partial charge < -0.3 is 10.2 Å². The molecule has 0 bridgehead atoms. The SMILES string of the molecule is CCn1cc(NC2CCN(C)CC2)cn1. The van der Waals surface area contributed by atoms with Gasteiger partial charge in [0.25, 0.3) is 0 Å². The second kappa shape index (κ2) is 4.66. The zero-order valence-electron chi connectivity index (χ0n) is 9.61. The van der Waals surface area contributed by atoms with Crippen molar-refractivity contribution in [3.63, 3.8) is 0 Å². The summed E-state index contributed by atoms with van der Waals surface area (Å²) in [6.07, 6.45) is 6.46.